The van der Waals surface area contributed by atoms with Gasteiger partial charge in [0.2, 0.25) is 11.8 Å². The van der Waals surface area contributed by atoms with E-state index in [0.29, 0.717) is 23.5 Å². The number of thioether (sulfide) groups is 1. The van der Waals surface area contributed by atoms with E-state index in [2.05, 4.69) is 5.32 Å². The fourth-order valence-electron chi connectivity index (χ4n) is 2.48. The molecule has 0 spiro atoms. The van der Waals surface area contributed by atoms with Crippen LogP contribution in [0.2, 0.25) is 0 Å². The van der Waals surface area contributed by atoms with Crippen LogP contribution in [0.1, 0.15) is 12.0 Å². The van der Waals surface area contributed by atoms with Gasteiger partial charge in [-0.2, -0.15) is 0 Å². The summed E-state index contributed by atoms with van der Waals surface area (Å²) in [5.41, 5.74) is 1.04. The number of carboxylic acid groups (broad SMARTS) is 1. The molecule has 24 heavy (non-hydrogen) atoms. The molecule has 1 atom stereocenters. The molecule has 0 aliphatic carbocycles. The van der Waals surface area contributed by atoms with E-state index in [0.717, 1.165) is 0 Å². The Hall–Kier alpha value is -2.09. The fourth-order valence-corrected chi connectivity index (χ4v) is 3.05. The zero-order valence-corrected chi connectivity index (χ0v) is 14.1. The molecule has 1 saturated heterocycles. The second kappa shape index (κ2) is 8.14. The summed E-state index contributed by atoms with van der Waals surface area (Å²) in [6, 6.07) is 4.43. The van der Waals surface area contributed by atoms with Crippen molar-refractivity contribution in [3.63, 3.8) is 0 Å². The van der Waals surface area contributed by atoms with E-state index >= 15 is 0 Å². The average Bonchev–Trinajstić information content (AvgIpc) is 2.91. The number of anilines is 1. The van der Waals surface area contributed by atoms with E-state index in [-0.39, 0.29) is 36.4 Å². The van der Waals surface area contributed by atoms with Crippen LogP contribution in [0, 0.1) is 18.7 Å². The molecule has 0 aromatic heterocycles. The van der Waals surface area contributed by atoms with E-state index in [9.17, 15) is 18.8 Å². The van der Waals surface area contributed by atoms with Gasteiger partial charge in [-0.3, -0.25) is 14.4 Å². The van der Waals surface area contributed by atoms with Gasteiger partial charge in [0, 0.05) is 31.0 Å². The van der Waals surface area contributed by atoms with Crippen molar-refractivity contribution in [2.24, 2.45) is 5.92 Å². The number of nitrogens with one attached hydrogen (secondary N) is 1. The summed E-state index contributed by atoms with van der Waals surface area (Å²) in [5, 5.41) is 11.2. The predicted octanol–water partition coefficient (Wildman–Crippen LogP) is 1.42. The van der Waals surface area contributed by atoms with Crippen LogP contribution >= 0.6 is 11.8 Å². The van der Waals surface area contributed by atoms with Gasteiger partial charge in [0.15, 0.2) is 0 Å². The molecule has 0 radical (unpaired) electrons. The van der Waals surface area contributed by atoms with E-state index in [1.54, 1.807) is 13.0 Å². The Balaban J connectivity index is 1.86. The molecule has 1 aliphatic rings. The number of carboxylic acids is 1. The van der Waals surface area contributed by atoms with Gasteiger partial charge in [0.05, 0.1) is 11.7 Å². The van der Waals surface area contributed by atoms with Crippen LogP contribution in [0.25, 0.3) is 0 Å². The highest BCUT2D eigenvalue weighted by atomic mass is 32.2. The van der Waals surface area contributed by atoms with Crippen LogP contribution in [-0.4, -0.2) is 47.5 Å². The Morgan fingerprint density at radius 3 is 2.88 bits per heavy atom. The van der Waals surface area contributed by atoms with Crippen LogP contribution in [0.15, 0.2) is 18.2 Å². The zero-order chi connectivity index (χ0) is 17.7. The van der Waals surface area contributed by atoms with Gasteiger partial charge in [0.1, 0.15) is 5.82 Å². The van der Waals surface area contributed by atoms with Gasteiger partial charge in [-0.15, -0.1) is 11.8 Å². The molecule has 1 aromatic carbocycles. The van der Waals surface area contributed by atoms with Crippen LogP contribution < -0.4 is 10.2 Å². The second-order valence-corrected chi connectivity index (χ2v) is 6.68. The number of hydrogen-bond acceptors (Lipinski definition) is 4. The first-order valence-electron chi connectivity index (χ1n) is 7.52. The zero-order valence-electron chi connectivity index (χ0n) is 13.3. The van der Waals surface area contributed by atoms with Crippen LogP contribution in [-0.2, 0) is 14.4 Å². The highest BCUT2D eigenvalue weighted by Crippen LogP contribution is 2.26. The normalized spacial score (nSPS) is 17.2. The van der Waals surface area contributed by atoms with E-state index in [4.69, 9.17) is 5.11 Å². The monoisotopic (exact) mass is 354 g/mol. The Morgan fingerprint density at radius 1 is 1.46 bits per heavy atom. The number of amides is 2. The molecule has 1 heterocycles. The summed E-state index contributed by atoms with van der Waals surface area (Å²) >= 11 is 1.22. The lowest BCUT2D eigenvalue weighted by Gasteiger charge is -2.17. The van der Waals surface area contributed by atoms with Crippen molar-refractivity contribution >= 4 is 35.2 Å². The van der Waals surface area contributed by atoms with Crippen molar-refractivity contribution in [3.05, 3.63) is 29.6 Å². The summed E-state index contributed by atoms with van der Waals surface area (Å²) in [7, 11) is 0. The van der Waals surface area contributed by atoms with Crippen molar-refractivity contribution in [3.8, 4) is 0 Å². The van der Waals surface area contributed by atoms with Crippen LogP contribution in [0.4, 0.5) is 10.1 Å². The number of aryl methyl sites for hydroxylation is 1. The van der Waals surface area contributed by atoms with E-state index in [1.807, 2.05) is 0 Å². The lowest BCUT2D eigenvalue weighted by atomic mass is 10.1. The Labute approximate surface area is 143 Å². The molecule has 8 heteroatoms. The average molecular weight is 354 g/mol. The molecule has 1 unspecified atom stereocenters. The summed E-state index contributed by atoms with van der Waals surface area (Å²) in [6.07, 6.45) is 0.116. The van der Waals surface area contributed by atoms with Gasteiger partial charge in [-0.25, -0.2) is 4.39 Å². The van der Waals surface area contributed by atoms with E-state index < -0.39 is 11.9 Å². The molecule has 1 aliphatic heterocycles. The SMILES string of the molecule is Cc1cc(N2CC(C(=O)NCCSCC(=O)O)CC2=O)ccc1F. The minimum absolute atomic E-state index is 0.00448. The van der Waals surface area contributed by atoms with Gasteiger partial charge in [-0.05, 0) is 30.7 Å². The molecule has 0 saturated carbocycles. The molecule has 6 nitrogen and oxygen atoms in total. The number of halogens is 1. The Morgan fingerprint density at radius 2 is 2.21 bits per heavy atom. The smallest absolute Gasteiger partial charge is 0.313 e. The fraction of sp³-hybridized carbons (Fsp3) is 0.438. The highest BCUT2D eigenvalue weighted by Gasteiger charge is 2.35. The number of hydrogen-bond donors (Lipinski definition) is 2. The molecule has 130 valence electrons. The van der Waals surface area contributed by atoms with Gasteiger partial charge in [0.25, 0.3) is 0 Å². The number of rotatable bonds is 7. The highest BCUT2D eigenvalue weighted by molar-refractivity contribution is 7.99. The largest absolute Gasteiger partial charge is 0.481 e. The van der Waals surface area contributed by atoms with Crippen molar-refractivity contribution < 1.29 is 23.9 Å². The molecule has 0 bridgehead atoms. The second-order valence-electron chi connectivity index (χ2n) is 5.58. The summed E-state index contributed by atoms with van der Waals surface area (Å²) in [6.45, 7) is 2.24. The lowest BCUT2D eigenvalue weighted by molar-refractivity contribution is -0.134. The molecular formula is C16H19FN2O4S. The Kier molecular flexibility index (Phi) is 6.19. The summed E-state index contributed by atoms with van der Waals surface area (Å²) < 4.78 is 13.3. The molecule has 1 fully saturated rings. The molecule has 1 aromatic rings. The molecular weight excluding hydrogens is 335 g/mol. The number of benzene rings is 1. The molecule has 2 rings (SSSR count). The number of nitrogens with zero attached hydrogens (tertiary/aromatic N) is 1. The maximum atomic E-state index is 13.3. The Bertz CT molecular complexity index is 653. The lowest BCUT2D eigenvalue weighted by Crippen LogP contribution is -2.34. The molecule has 2 N–H and O–H groups in total. The van der Waals surface area contributed by atoms with Gasteiger partial charge >= 0.3 is 5.97 Å². The van der Waals surface area contributed by atoms with Crippen LogP contribution in [0.3, 0.4) is 0 Å². The number of carbonyl (C=O) groups is 3. The topological polar surface area (TPSA) is 86.7 Å². The first kappa shape index (κ1) is 18.3. The number of aliphatic carboxylic acids is 1. The van der Waals surface area contributed by atoms with E-state index in [1.165, 1.54) is 28.8 Å². The van der Waals surface area contributed by atoms with Crippen molar-refractivity contribution in [2.45, 2.75) is 13.3 Å². The predicted molar refractivity (Wildman–Crippen MR) is 89.6 cm³/mol. The minimum Gasteiger partial charge on any atom is -0.481 e. The maximum Gasteiger partial charge on any atom is 0.313 e. The third-order valence-corrected chi connectivity index (χ3v) is 4.66. The summed E-state index contributed by atoms with van der Waals surface area (Å²) in [4.78, 5) is 36.1. The standard InChI is InChI=1S/C16H19FN2O4S/c1-10-6-12(2-3-13(10)17)19-8-11(7-14(19)20)16(23)18-4-5-24-9-15(21)22/h2-3,6,11H,4-5,7-9H2,1H3,(H,18,23)(H,21,22). The third-order valence-electron chi connectivity index (χ3n) is 3.72. The first-order valence-corrected chi connectivity index (χ1v) is 8.67. The van der Waals surface area contributed by atoms with Crippen molar-refractivity contribution in [1.29, 1.82) is 0 Å². The van der Waals surface area contributed by atoms with Gasteiger partial charge < -0.3 is 15.3 Å². The first-order chi connectivity index (χ1) is 11.4. The number of carbonyl (C=O) groups excluding carboxylic acids is 2. The van der Waals surface area contributed by atoms with Crippen molar-refractivity contribution in [1.82, 2.24) is 5.32 Å². The quantitative estimate of drug-likeness (QED) is 0.723. The molecule has 2 amide bonds. The maximum absolute atomic E-state index is 13.3. The minimum atomic E-state index is -0.891. The third kappa shape index (κ3) is 4.70. The van der Waals surface area contributed by atoms with Crippen LogP contribution in [0.5, 0.6) is 0 Å². The summed E-state index contributed by atoms with van der Waals surface area (Å²) in [5.74, 6) is -1.57. The van der Waals surface area contributed by atoms with Crippen molar-refractivity contribution in [2.75, 3.05) is 29.5 Å². The van der Waals surface area contributed by atoms with Gasteiger partial charge in [-0.1, -0.05) is 0 Å².